The highest BCUT2D eigenvalue weighted by Crippen LogP contribution is 2.28. The molecule has 4 rings (SSSR count). The van der Waals surface area contributed by atoms with Crippen LogP contribution in [0.3, 0.4) is 0 Å². The van der Waals surface area contributed by atoms with E-state index in [2.05, 4.69) is 25.9 Å². The number of pyridine rings is 1. The van der Waals surface area contributed by atoms with E-state index in [9.17, 15) is 9.59 Å². The van der Waals surface area contributed by atoms with E-state index in [-0.39, 0.29) is 11.8 Å². The molecule has 2 amide bonds. The van der Waals surface area contributed by atoms with Crippen molar-refractivity contribution in [3.63, 3.8) is 0 Å². The van der Waals surface area contributed by atoms with Crippen molar-refractivity contribution < 1.29 is 9.59 Å². The van der Waals surface area contributed by atoms with Gasteiger partial charge < -0.3 is 14.8 Å². The smallest absolute Gasteiger partial charge is 0.235 e. The van der Waals surface area contributed by atoms with Gasteiger partial charge in [0.05, 0.1) is 6.54 Å². The number of likely N-dealkylation sites (tertiary alicyclic amines) is 1. The predicted octanol–water partition coefficient (Wildman–Crippen LogP) is 1.56. The molecule has 0 bridgehead atoms. The van der Waals surface area contributed by atoms with Crippen molar-refractivity contribution in [2.75, 3.05) is 19.6 Å². The van der Waals surface area contributed by atoms with Crippen LogP contribution in [-0.2, 0) is 16.1 Å². The molecule has 0 saturated carbocycles. The van der Waals surface area contributed by atoms with E-state index >= 15 is 0 Å². The zero-order valence-corrected chi connectivity index (χ0v) is 15.4. The summed E-state index contributed by atoms with van der Waals surface area (Å²) in [6.07, 6.45) is 10.8. The fourth-order valence-corrected chi connectivity index (χ4v) is 4.09. The maximum atomic E-state index is 12.7. The second-order valence-corrected chi connectivity index (χ2v) is 7.36. The van der Waals surface area contributed by atoms with E-state index < -0.39 is 5.92 Å². The molecule has 1 unspecified atom stereocenters. The molecular weight excluding hydrogens is 342 g/mol. The van der Waals surface area contributed by atoms with Crippen molar-refractivity contribution in [3.05, 3.63) is 48.3 Å². The summed E-state index contributed by atoms with van der Waals surface area (Å²) in [5, 5.41) is 2.81. The number of aromatic nitrogens is 3. The minimum absolute atomic E-state index is 0.00986. The molecule has 27 heavy (non-hydrogen) atoms. The number of rotatable bonds is 4. The van der Waals surface area contributed by atoms with Gasteiger partial charge in [0, 0.05) is 50.3 Å². The van der Waals surface area contributed by atoms with E-state index in [4.69, 9.17) is 0 Å². The summed E-state index contributed by atoms with van der Waals surface area (Å²) in [6.45, 7) is 2.81. The van der Waals surface area contributed by atoms with Crippen LogP contribution in [0.15, 0.2) is 36.9 Å². The van der Waals surface area contributed by atoms with Gasteiger partial charge in [-0.25, -0.2) is 4.98 Å². The summed E-state index contributed by atoms with van der Waals surface area (Å²) in [5.74, 6) is 0.787. The standard InChI is InChI=1S/C20H25N5O2/c26-19-17(4-2-8-23-19)20(27)24-10-5-16(6-11-24)18-22-9-12-25(18)14-15-3-1-7-21-13-15/h1,3,7,9,12-13,16-17H,2,4-6,8,10-11,14H2,(H,23,26). The molecule has 0 spiro atoms. The Bertz CT molecular complexity index is 796. The molecule has 1 atom stereocenters. The second kappa shape index (κ2) is 7.90. The first kappa shape index (κ1) is 17.7. The molecule has 0 radical (unpaired) electrons. The molecule has 4 heterocycles. The Morgan fingerprint density at radius 2 is 2.07 bits per heavy atom. The molecule has 2 saturated heterocycles. The average molecular weight is 367 g/mol. The fourth-order valence-electron chi connectivity index (χ4n) is 4.09. The van der Waals surface area contributed by atoms with Gasteiger partial charge >= 0.3 is 0 Å². The molecule has 2 aromatic rings. The minimum Gasteiger partial charge on any atom is -0.355 e. The van der Waals surface area contributed by atoms with Gasteiger partial charge in [-0.15, -0.1) is 0 Å². The van der Waals surface area contributed by atoms with Crippen LogP contribution in [0.25, 0.3) is 0 Å². The number of hydrogen-bond donors (Lipinski definition) is 1. The summed E-state index contributed by atoms with van der Waals surface area (Å²) in [4.78, 5) is 35.3. The van der Waals surface area contributed by atoms with Gasteiger partial charge in [-0.05, 0) is 37.3 Å². The molecule has 142 valence electrons. The molecule has 2 aliphatic rings. The Hall–Kier alpha value is -2.70. The Morgan fingerprint density at radius 1 is 1.22 bits per heavy atom. The number of nitrogens with one attached hydrogen (secondary N) is 1. The van der Waals surface area contributed by atoms with Gasteiger partial charge in [0.15, 0.2) is 0 Å². The highest BCUT2D eigenvalue weighted by Gasteiger charge is 2.34. The Kier molecular flexibility index (Phi) is 5.18. The summed E-state index contributed by atoms with van der Waals surface area (Å²) in [5.41, 5.74) is 1.15. The maximum absolute atomic E-state index is 12.7. The highest BCUT2D eigenvalue weighted by molar-refractivity contribution is 6.00. The topological polar surface area (TPSA) is 80.1 Å². The van der Waals surface area contributed by atoms with Crippen LogP contribution in [0.5, 0.6) is 0 Å². The van der Waals surface area contributed by atoms with Crippen molar-refractivity contribution in [2.45, 2.75) is 38.1 Å². The van der Waals surface area contributed by atoms with Crippen LogP contribution < -0.4 is 5.32 Å². The van der Waals surface area contributed by atoms with Crippen LogP contribution in [-0.4, -0.2) is 50.9 Å². The Balaban J connectivity index is 1.38. The van der Waals surface area contributed by atoms with Gasteiger partial charge in [0.2, 0.25) is 11.8 Å². The molecule has 1 N–H and O–H groups in total. The first-order valence-corrected chi connectivity index (χ1v) is 9.69. The Morgan fingerprint density at radius 3 is 2.81 bits per heavy atom. The molecule has 0 aromatic carbocycles. The Labute approximate surface area is 158 Å². The summed E-state index contributed by atoms with van der Waals surface area (Å²) < 4.78 is 2.17. The number of piperidine rings is 2. The zero-order chi connectivity index (χ0) is 18.6. The van der Waals surface area contributed by atoms with E-state index in [1.54, 1.807) is 6.20 Å². The quantitative estimate of drug-likeness (QED) is 0.832. The van der Waals surface area contributed by atoms with Crippen molar-refractivity contribution in [2.24, 2.45) is 5.92 Å². The number of amides is 2. The molecule has 2 fully saturated rings. The molecule has 7 heteroatoms. The summed E-state index contributed by atoms with van der Waals surface area (Å²) in [7, 11) is 0. The fraction of sp³-hybridized carbons (Fsp3) is 0.500. The first-order valence-electron chi connectivity index (χ1n) is 9.69. The predicted molar refractivity (Wildman–Crippen MR) is 99.9 cm³/mol. The third-order valence-electron chi connectivity index (χ3n) is 5.58. The SMILES string of the molecule is O=C1NCCCC1C(=O)N1CCC(c2nccn2Cc2cccnc2)CC1. The largest absolute Gasteiger partial charge is 0.355 e. The van der Waals surface area contributed by atoms with Gasteiger partial charge in [-0.1, -0.05) is 6.07 Å². The van der Waals surface area contributed by atoms with Gasteiger partial charge in [-0.2, -0.15) is 0 Å². The lowest BCUT2D eigenvalue weighted by molar-refractivity contribution is -0.144. The van der Waals surface area contributed by atoms with Crippen molar-refractivity contribution in [1.29, 1.82) is 0 Å². The van der Waals surface area contributed by atoms with E-state index in [0.29, 0.717) is 32.0 Å². The third kappa shape index (κ3) is 3.86. The number of nitrogens with zero attached hydrogens (tertiary/aromatic N) is 4. The van der Waals surface area contributed by atoms with Crippen LogP contribution in [0, 0.1) is 5.92 Å². The van der Waals surface area contributed by atoms with Gasteiger partial charge in [0.25, 0.3) is 0 Å². The average Bonchev–Trinajstić information content (AvgIpc) is 3.17. The van der Waals surface area contributed by atoms with E-state index in [1.807, 2.05) is 29.6 Å². The number of carbonyl (C=O) groups is 2. The van der Waals surface area contributed by atoms with E-state index in [0.717, 1.165) is 37.2 Å². The van der Waals surface area contributed by atoms with Crippen LogP contribution in [0.1, 0.15) is 43.0 Å². The monoisotopic (exact) mass is 367 g/mol. The molecule has 2 aliphatic heterocycles. The molecule has 2 aromatic heterocycles. The van der Waals surface area contributed by atoms with Gasteiger partial charge in [0.1, 0.15) is 11.7 Å². The maximum Gasteiger partial charge on any atom is 0.235 e. The van der Waals surface area contributed by atoms with Crippen molar-refractivity contribution >= 4 is 11.8 Å². The minimum atomic E-state index is -0.497. The van der Waals surface area contributed by atoms with Crippen LogP contribution >= 0.6 is 0 Å². The summed E-state index contributed by atoms with van der Waals surface area (Å²) >= 11 is 0. The lowest BCUT2D eigenvalue weighted by Gasteiger charge is -2.34. The first-order chi connectivity index (χ1) is 13.2. The number of hydrogen-bond acceptors (Lipinski definition) is 4. The van der Waals surface area contributed by atoms with Gasteiger partial charge in [-0.3, -0.25) is 14.6 Å². The van der Waals surface area contributed by atoms with Crippen LogP contribution in [0.2, 0.25) is 0 Å². The molecular formula is C20H25N5O2. The number of carbonyl (C=O) groups excluding carboxylic acids is 2. The number of imidazole rings is 1. The zero-order valence-electron chi connectivity index (χ0n) is 15.4. The lowest BCUT2D eigenvalue weighted by atomic mass is 9.92. The van der Waals surface area contributed by atoms with E-state index in [1.165, 1.54) is 0 Å². The third-order valence-corrected chi connectivity index (χ3v) is 5.58. The molecule has 7 nitrogen and oxygen atoms in total. The van der Waals surface area contributed by atoms with Crippen LogP contribution in [0.4, 0.5) is 0 Å². The second-order valence-electron chi connectivity index (χ2n) is 7.36. The lowest BCUT2D eigenvalue weighted by Crippen LogP contribution is -2.48. The highest BCUT2D eigenvalue weighted by atomic mass is 16.2. The van der Waals surface area contributed by atoms with Crippen molar-refractivity contribution in [1.82, 2.24) is 24.8 Å². The van der Waals surface area contributed by atoms with Crippen molar-refractivity contribution in [3.8, 4) is 0 Å². The normalized spacial score (nSPS) is 21.1. The molecule has 0 aliphatic carbocycles. The summed E-state index contributed by atoms with van der Waals surface area (Å²) in [6, 6.07) is 4.00.